The number of nitrogens with zero attached hydrogens (tertiary/aromatic N) is 1. The van der Waals surface area contributed by atoms with E-state index in [0.29, 0.717) is 16.0 Å². The van der Waals surface area contributed by atoms with Crippen LogP contribution in [0.1, 0.15) is 76.2 Å². The van der Waals surface area contributed by atoms with Gasteiger partial charge in [-0.1, -0.05) is 110 Å². The number of benzene rings is 1. The molecule has 0 saturated heterocycles. The second-order valence-electron chi connectivity index (χ2n) is 9.67. The lowest BCUT2D eigenvalue weighted by Crippen LogP contribution is -1.93. The van der Waals surface area contributed by atoms with Crippen LogP contribution in [0.15, 0.2) is 48.1 Å². The number of hydrogen-bond donors (Lipinski definition) is 1. The highest BCUT2D eigenvalue weighted by Crippen LogP contribution is 2.22. The van der Waals surface area contributed by atoms with Crippen molar-refractivity contribution in [3.05, 3.63) is 48.1 Å². The number of nitrogen functional groups attached to an aromatic ring is 1. The predicted molar refractivity (Wildman–Crippen MR) is 129 cm³/mol. The molecule has 1 aliphatic rings. The molecule has 3 heteroatoms. The number of nitrogens with two attached hydrogens (primary N) is 1. The molecule has 1 heterocycles. The van der Waals surface area contributed by atoms with Gasteiger partial charge in [0.05, 0.1) is 10.2 Å². The number of aromatic nitrogens is 1. The van der Waals surface area contributed by atoms with Crippen LogP contribution in [0.4, 0.5) is 5.13 Å². The lowest BCUT2D eigenvalue weighted by molar-refractivity contribution is 0.469. The molecule has 0 saturated carbocycles. The molecule has 0 unspecified atom stereocenters. The van der Waals surface area contributed by atoms with Crippen molar-refractivity contribution in [2.75, 3.05) is 5.73 Å². The number of para-hydroxylation sites is 1. The largest absolute Gasteiger partial charge is 0.375 e. The summed E-state index contributed by atoms with van der Waals surface area (Å²) in [5.41, 5.74) is 8.96. The quantitative estimate of drug-likeness (QED) is 0.489. The Hall–Kier alpha value is -1.61. The van der Waals surface area contributed by atoms with Crippen LogP contribution in [-0.4, -0.2) is 4.98 Å². The molecule has 154 valence electrons. The molecule has 0 radical (unpaired) electrons. The second-order valence-corrected chi connectivity index (χ2v) is 10.7. The maximum Gasteiger partial charge on any atom is 0.181 e. The van der Waals surface area contributed by atoms with E-state index >= 15 is 0 Å². The standard InChI is InChI=1S/C7H6N2S.C6H8.2C5H12.CH4/c8-7-9-5-3-1-2-4-6(5)10-7;1-6-4-2-3-5-6;2*1-5(2,3)4;/h1-4H,(H2,8,9);2-4H,5H2,1H3;2*1-4H3;1H4. The van der Waals surface area contributed by atoms with E-state index in [1.807, 2.05) is 24.3 Å². The number of fused-ring (bicyclic) bond motifs is 1. The van der Waals surface area contributed by atoms with Crippen LogP contribution in [0.2, 0.25) is 0 Å². The molecule has 2 aromatic rings. The van der Waals surface area contributed by atoms with Crippen LogP contribution in [0.3, 0.4) is 0 Å². The van der Waals surface area contributed by atoms with E-state index in [1.54, 1.807) is 0 Å². The summed E-state index contributed by atoms with van der Waals surface area (Å²) in [4.78, 5) is 4.11. The first-order valence-electron chi connectivity index (χ1n) is 9.19. The number of anilines is 1. The molecule has 2 nitrogen and oxygen atoms in total. The van der Waals surface area contributed by atoms with Gasteiger partial charge in [-0.05, 0) is 36.3 Å². The zero-order chi connectivity index (χ0) is 20.4. The zero-order valence-electron chi connectivity index (χ0n) is 18.2. The molecular weight excluding hydrogens is 348 g/mol. The molecule has 0 aliphatic heterocycles. The number of hydrogen-bond acceptors (Lipinski definition) is 3. The Bertz CT molecular complexity index is 638. The highest BCUT2D eigenvalue weighted by Gasteiger charge is 1.97. The first-order valence-corrected chi connectivity index (χ1v) is 10.0. The van der Waals surface area contributed by atoms with E-state index < -0.39 is 0 Å². The van der Waals surface area contributed by atoms with Crippen LogP contribution >= 0.6 is 11.3 Å². The van der Waals surface area contributed by atoms with Gasteiger partial charge in [0.15, 0.2) is 5.13 Å². The Morgan fingerprint density at radius 2 is 1.41 bits per heavy atom. The SMILES string of the molecule is C.CC(C)(C)C.CC(C)(C)C.CC1=CC=CC1.Nc1nc2ccccc2s1. The summed E-state index contributed by atoms with van der Waals surface area (Å²) in [6.07, 6.45) is 7.56. The van der Waals surface area contributed by atoms with Gasteiger partial charge in [0.1, 0.15) is 0 Å². The Labute approximate surface area is 172 Å². The fourth-order valence-electron chi connectivity index (χ4n) is 1.44. The smallest absolute Gasteiger partial charge is 0.181 e. The van der Waals surface area contributed by atoms with Gasteiger partial charge in [-0.3, -0.25) is 0 Å². The molecular formula is C24H42N2S. The minimum atomic E-state index is 0. The van der Waals surface area contributed by atoms with E-state index in [1.165, 1.54) is 23.3 Å². The molecule has 0 fully saturated rings. The normalized spacial score (nSPS) is 12.4. The predicted octanol–water partition coefficient (Wildman–Crippen LogP) is 8.51. The molecule has 1 aromatic heterocycles. The monoisotopic (exact) mass is 390 g/mol. The van der Waals surface area contributed by atoms with E-state index in [9.17, 15) is 0 Å². The Morgan fingerprint density at radius 3 is 1.74 bits per heavy atom. The Kier molecular flexibility index (Phi) is 13.0. The highest BCUT2D eigenvalue weighted by atomic mass is 32.1. The summed E-state index contributed by atoms with van der Waals surface area (Å²) in [5, 5.41) is 0.640. The third kappa shape index (κ3) is 20.6. The highest BCUT2D eigenvalue weighted by molar-refractivity contribution is 7.22. The van der Waals surface area contributed by atoms with E-state index in [-0.39, 0.29) is 7.43 Å². The molecule has 0 atom stereocenters. The Balaban J connectivity index is 0. The minimum absolute atomic E-state index is 0. The van der Waals surface area contributed by atoms with Crippen LogP contribution in [0.5, 0.6) is 0 Å². The van der Waals surface area contributed by atoms with Crippen molar-refractivity contribution >= 4 is 26.7 Å². The van der Waals surface area contributed by atoms with Gasteiger partial charge in [0.25, 0.3) is 0 Å². The first kappa shape index (κ1) is 27.6. The zero-order valence-corrected chi connectivity index (χ0v) is 19.0. The van der Waals surface area contributed by atoms with Gasteiger partial charge in [0.2, 0.25) is 0 Å². The molecule has 2 N–H and O–H groups in total. The minimum Gasteiger partial charge on any atom is -0.375 e. The van der Waals surface area contributed by atoms with Gasteiger partial charge >= 0.3 is 0 Å². The van der Waals surface area contributed by atoms with Gasteiger partial charge in [0, 0.05) is 0 Å². The maximum absolute atomic E-state index is 5.50. The van der Waals surface area contributed by atoms with Gasteiger partial charge < -0.3 is 5.73 Å². The summed E-state index contributed by atoms with van der Waals surface area (Å²) < 4.78 is 1.15. The van der Waals surface area contributed by atoms with Gasteiger partial charge in [-0.2, -0.15) is 0 Å². The molecule has 0 bridgehead atoms. The van der Waals surface area contributed by atoms with Crippen molar-refractivity contribution in [1.82, 2.24) is 4.98 Å². The third-order valence-electron chi connectivity index (χ3n) is 2.27. The summed E-state index contributed by atoms with van der Waals surface area (Å²) >= 11 is 1.52. The fraction of sp³-hybridized carbons (Fsp3) is 0.542. The molecule has 1 aromatic carbocycles. The van der Waals surface area contributed by atoms with Crippen molar-refractivity contribution in [1.29, 1.82) is 0 Å². The third-order valence-corrected chi connectivity index (χ3v) is 3.13. The lowest BCUT2D eigenvalue weighted by Gasteiger charge is -2.05. The summed E-state index contributed by atoms with van der Waals surface area (Å²) in [7, 11) is 0. The van der Waals surface area contributed by atoms with E-state index in [4.69, 9.17) is 5.73 Å². The molecule has 0 spiro atoms. The second kappa shape index (κ2) is 12.7. The lowest BCUT2D eigenvalue weighted by atomic mass is 10.0. The van der Waals surface area contributed by atoms with Gasteiger partial charge in [-0.25, -0.2) is 4.98 Å². The summed E-state index contributed by atoms with van der Waals surface area (Å²) in [6, 6.07) is 7.92. The summed E-state index contributed by atoms with van der Waals surface area (Å²) in [5.74, 6) is 0. The van der Waals surface area contributed by atoms with E-state index in [0.717, 1.165) is 10.2 Å². The maximum atomic E-state index is 5.50. The molecule has 0 amide bonds. The van der Waals surface area contributed by atoms with Crippen molar-refractivity contribution < 1.29 is 0 Å². The first-order chi connectivity index (χ1) is 11.8. The van der Waals surface area contributed by atoms with Crippen molar-refractivity contribution in [2.24, 2.45) is 10.8 Å². The average molecular weight is 391 g/mol. The van der Waals surface area contributed by atoms with Crippen LogP contribution in [-0.2, 0) is 0 Å². The van der Waals surface area contributed by atoms with E-state index in [2.05, 4.69) is 85.5 Å². The number of thiazole rings is 1. The van der Waals surface area contributed by atoms with Crippen LogP contribution < -0.4 is 5.73 Å². The van der Waals surface area contributed by atoms with Crippen LogP contribution in [0.25, 0.3) is 10.2 Å². The topological polar surface area (TPSA) is 38.9 Å². The average Bonchev–Trinajstić information content (AvgIpc) is 3.02. The van der Waals surface area contributed by atoms with Gasteiger partial charge in [-0.15, -0.1) is 0 Å². The summed E-state index contributed by atoms with van der Waals surface area (Å²) in [6.45, 7) is 19.6. The fourth-order valence-corrected chi connectivity index (χ4v) is 2.18. The number of rotatable bonds is 0. The van der Waals surface area contributed by atoms with Crippen molar-refractivity contribution in [2.45, 2.75) is 76.2 Å². The molecule has 27 heavy (non-hydrogen) atoms. The van der Waals surface area contributed by atoms with Crippen molar-refractivity contribution in [3.8, 4) is 0 Å². The molecule has 1 aliphatic carbocycles. The number of allylic oxidation sites excluding steroid dienone is 4. The van der Waals surface area contributed by atoms with Crippen LogP contribution in [0, 0.1) is 10.8 Å². The van der Waals surface area contributed by atoms with Crippen molar-refractivity contribution in [3.63, 3.8) is 0 Å². The Morgan fingerprint density at radius 1 is 0.926 bits per heavy atom. The molecule has 3 rings (SSSR count).